The Morgan fingerprint density at radius 2 is 1.50 bits per heavy atom. The Morgan fingerprint density at radius 3 is 2.12 bits per heavy atom. The van der Waals surface area contributed by atoms with Crippen LogP contribution in [0.4, 0.5) is 0 Å². The first-order chi connectivity index (χ1) is 12.7. The molecule has 2 rings (SSSR count). The van der Waals surface area contributed by atoms with Crippen molar-refractivity contribution in [2.75, 3.05) is 6.61 Å². The minimum absolute atomic E-state index is 0.835. The smallest absolute Gasteiger partial charge is 0.119 e. The van der Waals surface area contributed by atoms with Crippen LogP contribution in [0.5, 0.6) is 5.75 Å². The fourth-order valence-electron chi connectivity index (χ4n) is 3.39. The van der Waals surface area contributed by atoms with Crippen molar-refractivity contribution in [2.24, 2.45) is 0 Å². The first-order valence-corrected chi connectivity index (χ1v) is 10.4. The van der Waals surface area contributed by atoms with Crippen LogP contribution in [0.15, 0.2) is 24.3 Å². The van der Waals surface area contributed by atoms with Gasteiger partial charge in [-0.05, 0) is 56.4 Å². The molecular formula is C23H36N2O. The summed E-state index contributed by atoms with van der Waals surface area (Å²) in [6, 6.07) is 8.59. The number of H-pyrrole nitrogens is 1. The summed E-state index contributed by atoms with van der Waals surface area (Å²) in [5.41, 5.74) is 5.00. The van der Waals surface area contributed by atoms with Crippen molar-refractivity contribution in [1.29, 1.82) is 0 Å². The van der Waals surface area contributed by atoms with Crippen LogP contribution >= 0.6 is 0 Å². The van der Waals surface area contributed by atoms with Crippen LogP contribution in [0.25, 0.3) is 0 Å². The monoisotopic (exact) mass is 356 g/mol. The molecule has 0 atom stereocenters. The third kappa shape index (κ3) is 7.23. The summed E-state index contributed by atoms with van der Waals surface area (Å²) in [6.45, 7) is 7.27. The minimum Gasteiger partial charge on any atom is -0.494 e. The van der Waals surface area contributed by atoms with Crippen LogP contribution in [-0.2, 0) is 12.8 Å². The number of hydrogen-bond acceptors (Lipinski definition) is 2. The molecule has 0 saturated heterocycles. The molecular weight excluding hydrogens is 320 g/mol. The molecule has 0 bridgehead atoms. The highest BCUT2D eigenvalue weighted by molar-refractivity contribution is 5.29. The van der Waals surface area contributed by atoms with Crippen molar-refractivity contribution >= 4 is 0 Å². The van der Waals surface area contributed by atoms with Crippen LogP contribution in [0, 0.1) is 13.8 Å². The first kappa shape index (κ1) is 20.5. The zero-order valence-electron chi connectivity index (χ0n) is 16.9. The van der Waals surface area contributed by atoms with E-state index in [1.165, 1.54) is 61.8 Å². The topological polar surface area (TPSA) is 37.9 Å². The molecule has 3 heteroatoms. The number of unbranched alkanes of at least 4 members (excludes halogenated alkanes) is 7. The van der Waals surface area contributed by atoms with Gasteiger partial charge in [-0.1, -0.05) is 64.0 Å². The molecule has 2 aromatic rings. The van der Waals surface area contributed by atoms with Crippen LogP contribution in [0.2, 0.25) is 0 Å². The van der Waals surface area contributed by atoms with Crippen molar-refractivity contribution < 1.29 is 4.74 Å². The molecule has 0 fully saturated rings. The van der Waals surface area contributed by atoms with Gasteiger partial charge in [-0.25, -0.2) is 0 Å². The van der Waals surface area contributed by atoms with E-state index < -0.39 is 0 Å². The predicted octanol–water partition coefficient (Wildman–Crippen LogP) is 6.33. The highest BCUT2D eigenvalue weighted by Gasteiger charge is 2.06. The molecule has 0 unspecified atom stereocenters. The molecule has 0 amide bonds. The van der Waals surface area contributed by atoms with E-state index in [-0.39, 0.29) is 0 Å². The molecule has 1 N–H and O–H groups in total. The lowest BCUT2D eigenvalue weighted by Crippen LogP contribution is -1.98. The lowest BCUT2D eigenvalue weighted by molar-refractivity contribution is 0.304. The highest BCUT2D eigenvalue weighted by Crippen LogP contribution is 2.17. The van der Waals surface area contributed by atoms with Gasteiger partial charge in [0.05, 0.1) is 12.3 Å². The number of aromatic nitrogens is 2. The summed E-state index contributed by atoms with van der Waals surface area (Å²) in [7, 11) is 0. The third-order valence-electron chi connectivity index (χ3n) is 5.13. The van der Waals surface area contributed by atoms with Gasteiger partial charge in [-0.3, -0.25) is 5.10 Å². The summed E-state index contributed by atoms with van der Waals surface area (Å²) >= 11 is 0. The van der Waals surface area contributed by atoms with E-state index in [4.69, 9.17) is 4.74 Å². The zero-order valence-corrected chi connectivity index (χ0v) is 16.9. The molecule has 26 heavy (non-hydrogen) atoms. The maximum atomic E-state index is 5.88. The van der Waals surface area contributed by atoms with E-state index in [0.717, 1.165) is 37.3 Å². The number of hydrogen-bond donors (Lipinski definition) is 1. The fraction of sp³-hybridized carbons (Fsp3) is 0.609. The van der Waals surface area contributed by atoms with Crippen LogP contribution < -0.4 is 4.74 Å². The zero-order chi connectivity index (χ0) is 18.6. The maximum Gasteiger partial charge on any atom is 0.119 e. The molecule has 1 aromatic carbocycles. The molecule has 0 aliphatic heterocycles. The molecule has 0 aliphatic carbocycles. The van der Waals surface area contributed by atoms with Gasteiger partial charge < -0.3 is 4.74 Å². The van der Waals surface area contributed by atoms with Gasteiger partial charge >= 0.3 is 0 Å². The van der Waals surface area contributed by atoms with E-state index >= 15 is 0 Å². The highest BCUT2D eigenvalue weighted by atomic mass is 16.5. The number of aromatic amines is 1. The average molecular weight is 357 g/mol. The SMILES string of the molecule is CCCCCCCCCCOc1ccc(CCc2c(C)n[nH]c2C)cc1. The Hall–Kier alpha value is -1.77. The van der Waals surface area contributed by atoms with E-state index in [2.05, 4.69) is 55.2 Å². The van der Waals surface area contributed by atoms with Gasteiger partial charge in [-0.2, -0.15) is 5.10 Å². The number of nitrogens with zero attached hydrogens (tertiary/aromatic N) is 1. The van der Waals surface area contributed by atoms with Crippen molar-refractivity contribution in [2.45, 2.75) is 85.0 Å². The molecule has 3 nitrogen and oxygen atoms in total. The first-order valence-electron chi connectivity index (χ1n) is 10.4. The molecule has 1 aromatic heterocycles. The summed E-state index contributed by atoms with van der Waals surface area (Å²) in [5.74, 6) is 0.993. The predicted molar refractivity (Wildman–Crippen MR) is 110 cm³/mol. The number of nitrogens with one attached hydrogen (secondary N) is 1. The van der Waals surface area contributed by atoms with Crippen molar-refractivity contribution in [3.05, 3.63) is 46.8 Å². The van der Waals surface area contributed by atoms with E-state index in [9.17, 15) is 0 Å². The quantitative estimate of drug-likeness (QED) is 0.426. The lowest BCUT2D eigenvalue weighted by Gasteiger charge is -2.08. The molecule has 0 spiro atoms. The Morgan fingerprint density at radius 1 is 0.846 bits per heavy atom. The average Bonchev–Trinajstić information content (AvgIpc) is 2.97. The molecule has 1 heterocycles. The minimum atomic E-state index is 0.835. The van der Waals surface area contributed by atoms with Crippen LogP contribution in [-0.4, -0.2) is 16.8 Å². The summed E-state index contributed by atoms with van der Waals surface area (Å²) in [5, 5.41) is 7.33. The second kappa shape index (κ2) is 11.8. The largest absolute Gasteiger partial charge is 0.494 e. The number of ether oxygens (including phenoxy) is 1. The Kier molecular flexibility index (Phi) is 9.30. The summed E-state index contributed by atoms with van der Waals surface area (Å²) in [4.78, 5) is 0. The van der Waals surface area contributed by atoms with Crippen molar-refractivity contribution in [3.63, 3.8) is 0 Å². The Balaban J connectivity index is 1.59. The van der Waals surface area contributed by atoms with Gasteiger partial charge in [-0.15, -0.1) is 0 Å². The molecule has 0 radical (unpaired) electrons. The standard InChI is InChI=1S/C23H36N2O/c1-4-5-6-7-8-9-10-11-18-26-22-15-12-21(13-16-22)14-17-23-19(2)24-25-20(23)3/h12-13,15-16H,4-11,14,17-18H2,1-3H3,(H,24,25). The van der Waals surface area contributed by atoms with Crippen molar-refractivity contribution in [1.82, 2.24) is 10.2 Å². The second-order valence-electron chi connectivity index (χ2n) is 7.38. The second-order valence-corrected chi connectivity index (χ2v) is 7.38. The summed E-state index contributed by atoms with van der Waals surface area (Å²) < 4.78 is 5.88. The fourth-order valence-corrected chi connectivity index (χ4v) is 3.39. The van der Waals surface area contributed by atoms with Gasteiger partial charge in [0.1, 0.15) is 5.75 Å². The van der Waals surface area contributed by atoms with Crippen LogP contribution in [0.3, 0.4) is 0 Å². The van der Waals surface area contributed by atoms with Crippen LogP contribution in [0.1, 0.15) is 80.8 Å². The van der Waals surface area contributed by atoms with E-state index in [0.29, 0.717) is 0 Å². The van der Waals surface area contributed by atoms with Crippen molar-refractivity contribution in [3.8, 4) is 5.75 Å². The number of rotatable bonds is 13. The number of aryl methyl sites for hydroxylation is 3. The van der Waals surface area contributed by atoms with Gasteiger partial charge in [0.25, 0.3) is 0 Å². The third-order valence-corrected chi connectivity index (χ3v) is 5.13. The normalized spacial score (nSPS) is 11.0. The van der Waals surface area contributed by atoms with E-state index in [1.807, 2.05) is 0 Å². The molecule has 144 valence electrons. The summed E-state index contributed by atoms with van der Waals surface area (Å²) in [6.07, 6.45) is 12.8. The Bertz CT molecular complexity index is 596. The van der Waals surface area contributed by atoms with Gasteiger partial charge in [0, 0.05) is 5.69 Å². The lowest BCUT2D eigenvalue weighted by atomic mass is 10.0. The molecule has 0 saturated carbocycles. The van der Waals surface area contributed by atoms with Gasteiger partial charge in [0.2, 0.25) is 0 Å². The molecule has 0 aliphatic rings. The van der Waals surface area contributed by atoms with E-state index in [1.54, 1.807) is 0 Å². The maximum absolute atomic E-state index is 5.88. The van der Waals surface area contributed by atoms with Gasteiger partial charge in [0.15, 0.2) is 0 Å². The Labute approximate surface area is 159 Å². The number of benzene rings is 1.